The Morgan fingerprint density at radius 2 is 1.45 bits per heavy atom. The van der Waals surface area contributed by atoms with Crippen LogP contribution in [-0.2, 0) is 20.8 Å². The highest BCUT2D eigenvalue weighted by Gasteiger charge is 2.22. The molecule has 1 amide bonds. The fourth-order valence-corrected chi connectivity index (χ4v) is 4.74. The third-order valence-electron chi connectivity index (χ3n) is 6.78. The highest BCUT2D eigenvalue weighted by molar-refractivity contribution is 5.92. The molecule has 1 aromatic carbocycles. The summed E-state index contributed by atoms with van der Waals surface area (Å²) in [6, 6.07) is 8.27. The maximum atomic E-state index is 12.5. The molecule has 1 aromatic rings. The Hall–Kier alpha value is -1.51. The van der Waals surface area contributed by atoms with Crippen molar-refractivity contribution in [2.45, 2.75) is 25.8 Å². The Morgan fingerprint density at radius 1 is 0.839 bits per heavy atom. The fourth-order valence-electron chi connectivity index (χ4n) is 4.74. The van der Waals surface area contributed by atoms with Crippen LogP contribution in [0.3, 0.4) is 0 Å². The number of ether oxygens (including phenoxy) is 2. The lowest BCUT2D eigenvalue weighted by Crippen LogP contribution is -2.41. The van der Waals surface area contributed by atoms with Gasteiger partial charge in [0.15, 0.2) is 0 Å². The summed E-state index contributed by atoms with van der Waals surface area (Å²) in [6.07, 6.45) is 3.68. The van der Waals surface area contributed by atoms with Crippen molar-refractivity contribution in [3.8, 4) is 0 Å². The lowest BCUT2D eigenvalue weighted by Gasteiger charge is -2.33. The zero-order chi connectivity index (χ0) is 21.3. The first-order valence-electron chi connectivity index (χ1n) is 12.0. The van der Waals surface area contributed by atoms with E-state index in [2.05, 4.69) is 32.1 Å². The topological polar surface area (TPSA) is 57.3 Å². The van der Waals surface area contributed by atoms with Crippen LogP contribution in [-0.4, -0.2) is 99.4 Å². The van der Waals surface area contributed by atoms with Crippen LogP contribution in [0.15, 0.2) is 24.3 Å². The molecule has 3 aliphatic rings. The van der Waals surface area contributed by atoms with Crippen molar-refractivity contribution in [1.29, 1.82) is 0 Å². The molecule has 172 valence electrons. The van der Waals surface area contributed by atoms with Gasteiger partial charge in [-0.1, -0.05) is 12.1 Å². The summed E-state index contributed by atoms with van der Waals surface area (Å²) in [5.74, 6) is 0.883. The number of benzene rings is 1. The number of morpholine rings is 2. The van der Waals surface area contributed by atoms with E-state index in [9.17, 15) is 4.79 Å². The van der Waals surface area contributed by atoms with E-state index < -0.39 is 0 Å². The maximum absolute atomic E-state index is 12.5. The number of rotatable bonds is 8. The molecule has 7 nitrogen and oxygen atoms in total. The quantitative estimate of drug-likeness (QED) is 0.680. The third kappa shape index (κ3) is 7.54. The molecule has 0 radical (unpaired) electrons. The van der Waals surface area contributed by atoms with Crippen molar-refractivity contribution in [3.63, 3.8) is 0 Å². The summed E-state index contributed by atoms with van der Waals surface area (Å²) >= 11 is 0. The van der Waals surface area contributed by atoms with Crippen molar-refractivity contribution >= 4 is 11.6 Å². The van der Waals surface area contributed by atoms with Gasteiger partial charge in [-0.2, -0.15) is 0 Å². The minimum Gasteiger partial charge on any atom is -0.379 e. The first kappa shape index (κ1) is 22.7. The fraction of sp³-hybridized carbons (Fsp3) is 0.708. The number of likely N-dealkylation sites (tertiary alicyclic amines) is 1. The molecule has 31 heavy (non-hydrogen) atoms. The summed E-state index contributed by atoms with van der Waals surface area (Å²) in [4.78, 5) is 19.7. The smallest absolute Gasteiger partial charge is 0.238 e. The predicted octanol–water partition coefficient (Wildman–Crippen LogP) is 1.89. The third-order valence-corrected chi connectivity index (χ3v) is 6.78. The molecule has 0 aliphatic carbocycles. The average Bonchev–Trinajstić information content (AvgIpc) is 2.81. The van der Waals surface area contributed by atoms with Gasteiger partial charge in [-0.05, 0) is 62.5 Å². The number of nitrogens with zero attached hydrogens (tertiary/aromatic N) is 3. The van der Waals surface area contributed by atoms with Crippen LogP contribution in [0.4, 0.5) is 5.69 Å². The SMILES string of the molecule is O=C(CN1CCC(CCN2CCOCC2)CC1)Nc1ccc(CN2CCOCC2)cc1. The molecule has 0 unspecified atom stereocenters. The molecule has 7 heteroatoms. The highest BCUT2D eigenvalue weighted by Crippen LogP contribution is 2.21. The zero-order valence-electron chi connectivity index (χ0n) is 18.8. The van der Waals surface area contributed by atoms with E-state index in [1.54, 1.807) is 0 Å². The second-order valence-electron chi connectivity index (χ2n) is 9.10. The van der Waals surface area contributed by atoms with Gasteiger partial charge < -0.3 is 14.8 Å². The monoisotopic (exact) mass is 430 g/mol. The van der Waals surface area contributed by atoms with Crippen molar-refractivity contribution in [3.05, 3.63) is 29.8 Å². The Kier molecular flexibility index (Phi) is 8.72. The summed E-state index contributed by atoms with van der Waals surface area (Å²) in [5, 5.41) is 3.07. The molecule has 3 aliphatic heterocycles. The van der Waals surface area contributed by atoms with Crippen molar-refractivity contribution in [1.82, 2.24) is 14.7 Å². The first-order chi connectivity index (χ1) is 15.2. The van der Waals surface area contributed by atoms with Crippen molar-refractivity contribution in [2.24, 2.45) is 5.92 Å². The maximum Gasteiger partial charge on any atom is 0.238 e. The van der Waals surface area contributed by atoms with Gasteiger partial charge in [0.05, 0.1) is 33.0 Å². The van der Waals surface area contributed by atoms with Gasteiger partial charge in [-0.25, -0.2) is 0 Å². The van der Waals surface area contributed by atoms with E-state index >= 15 is 0 Å². The number of hydrogen-bond donors (Lipinski definition) is 1. The van der Waals surface area contributed by atoms with Gasteiger partial charge in [0.2, 0.25) is 5.91 Å². The van der Waals surface area contributed by atoms with Gasteiger partial charge in [-0.3, -0.25) is 19.5 Å². The molecule has 0 aromatic heterocycles. The summed E-state index contributed by atoms with van der Waals surface area (Å²) in [6.45, 7) is 12.2. The van der Waals surface area contributed by atoms with Gasteiger partial charge in [0.25, 0.3) is 0 Å². The van der Waals surface area contributed by atoms with Crippen LogP contribution in [0.2, 0.25) is 0 Å². The number of amides is 1. The summed E-state index contributed by atoms with van der Waals surface area (Å²) in [5.41, 5.74) is 2.16. The Labute approximate surface area is 186 Å². The number of nitrogens with one attached hydrogen (secondary N) is 1. The molecule has 0 saturated carbocycles. The standard InChI is InChI=1S/C24H38N4O3/c29-24(25-23-3-1-22(2-4-23)19-28-13-17-31-18-14-28)20-27-9-6-21(7-10-27)5-8-26-11-15-30-16-12-26/h1-4,21H,5-20H2,(H,25,29). The zero-order valence-corrected chi connectivity index (χ0v) is 18.8. The van der Waals surface area contributed by atoms with E-state index in [1.165, 1.54) is 31.4 Å². The number of anilines is 1. The molecule has 3 saturated heterocycles. The molecular formula is C24H38N4O3. The Morgan fingerprint density at radius 3 is 2.10 bits per heavy atom. The lowest BCUT2D eigenvalue weighted by atomic mass is 9.93. The number of carbonyl (C=O) groups excluding carboxylic acids is 1. The van der Waals surface area contributed by atoms with E-state index in [0.29, 0.717) is 6.54 Å². The number of carbonyl (C=O) groups is 1. The first-order valence-corrected chi connectivity index (χ1v) is 12.0. The normalized spacial score (nSPS) is 22.5. The van der Waals surface area contributed by atoms with Crippen molar-refractivity contribution < 1.29 is 14.3 Å². The van der Waals surface area contributed by atoms with E-state index in [4.69, 9.17) is 9.47 Å². The molecular weight excluding hydrogens is 392 g/mol. The Bertz CT molecular complexity index is 664. The van der Waals surface area contributed by atoms with Crippen LogP contribution in [0.25, 0.3) is 0 Å². The number of piperidine rings is 1. The largest absolute Gasteiger partial charge is 0.379 e. The molecule has 4 rings (SSSR count). The molecule has 1 N–H and O–H groups in total. The van der Waals surface area contributed by atoms with Crippen molar-refractivity contribution in [2.75, 3.05) is 84.1 Å². The lowest BCUT2D eigenvalue weighted by molar-refractivity contribution is -0.117. The minimum absolute atomic E-state index is 0.0905. The Balaban J connectivity index is 1.12. The number of hydrogen-bond acceptors (Lipinski definition) is 6. The van der Waals surface area contributed by atoms with E-state index in [0.717, 1.165) is 83.8 Å². The van der Waals surface area contributed by atoms with Gasteiger partial charge in [0.1, 0.15) is 0 Å². The van der Waals surface area contributed by atoms with Gasteiger partial charge in [0, 0.05) is 38.4 Å². The molecule has 3 fully saturated rings. The summed E-state index contributed by atoms with van der Waals surface area (Å²) in [7, 11) is 0. The molecule has 0 spiro atoms. The second-order valence-corrected chi connectivity index (χ2v) is 9.10. The van der Waals surface area contributed by atoms with Crippen LogP contribution in [0, 0.1) is 5.92 Å². The van der Waals surface area contributed by atoms with E-state index in [1.807, 2.05) is 12.1 Å². The van der Waals surface area contributed by atoms with Crippen LogP contribution in [0.1, 0.15) is 24.8 Å². The second kappa shape index (κ2) is 11.9. The highest BCUT2D eigenvalue weighted by atomic mass is 16.5. The summed E-state index contributed by atoms with van der Waals surface area (Å²) < 4.78 is 10.8. The average molecular weight is 431 g/mol. The minimum atomic E-state index is 0.0905. The van der Waals surface area contributed by atoms with Crippen LogP contribution < -0.4 is 5.32 Å². The van der Waals surface area contributed by atoms with Crippen LogP contribution in [0.5, 0.6) is 0 Å². The molecule has 0 bridgehead atoms. The predicted molar refractivity (Wildman–Crippen MR) is 122 cm³/mol. The molecule has 0 atom stereocenters. The van der Waals surface area contributed by atoms with Crippen LogP contribution >= 0.6 is 0 Å². The molecule has 3 heterocycles. The van der Waals surface area contributed by atoms with E-state index in [-0.39, 0.29) is 5.91 Å². The van der Waals surface area contributed by atoms with Gasteiger partial charge >= 0.3 is 0 Å². The van der Waals surface area contributed by atoms with Gasteiger partial charge in [-0.15, -0.1) is 0 Å².